The highest BCUT2D eigenvalue weighted by molar-refractivity contribution is 6.06. The second kappa shape index (κ2) is 12.0. The Morgan fingerprint density at radius 1 is 0.889 bits per heavy atom. The molecule has 146 valence electrons. The molecule has 0 atom stereocenters. The molecule has 5 heteroatoms. The van der Waals surface area contributed by atoms with Crippen LogP contribution in [-0.2, 0) is 4.74 Å². The van der Waals surface area contributed by atoms with Crippen LogP contribution in [0.2, 0.25) is 0 Å². The van der Waals surface area contributed by atoms with Gasteiger partial charge in [0.25, 0.3) is 5.91 Å². The Morgan fingerprint density at radius 3 is 2.41 bits per heavy atom. The van der Waals surface area contributed by atoms with Crippen LogP contribution in [0.25, 0.3) is 0 Å². The van der Waals surface area contributed by atoms with Gasteiger partial charge in [0, 0.05) is 12.8 Å². The predicted molar refractivity (Wildman–Crippen MR) is 108 cm³/mol. The van der Waals surface area contributed by atoms with Crippen molar-refractivity contribution in [3.8, 4) is 11.5 Å². The first-order valence-electron chi connectivity index (χ1n) is 9.49. The molecule has 0 radical (unpaired) electrons. The Balaban J connectivity index is 1.88. The number of hydrogen-bond acceptors (Lipinski definition) is 4. The van der Waals surface area contributed by atoms with Crippen molar-refractivity contribution in [3.63, 3.8) is 0 Å². The van der Waals surface area contributed by atoms with Crippen molar-refractivity contribution in [2.75, 3.05) is 32.2 Å². The second-order valence-corrected chi connectivity index (χ2v) is 6.23. The summed E-state index contributed by atoms with van der Waals surface area (Å²) < 4.78 is 16.3. The van der Waals surface area contributed by atoms with E-state index in [4.69, 9.17) is 14.2 Å². The third-order valence-electron chi connectivity index (χ3n) is 4.06. The summed E-state index contributed by atoms with van der Waals surface area (Å²) in [5.74, 6) is 1.14. The van der Waals surface area contributed by atoms with E-state index in [-0.39, 0.29) is 5.91 Å². The Hall–Kier alpha value is -2.53. The summed E-state index contributed by atoms with van der Waals surface area (Å²) in [5.41, 5.74) is 1.20. The van der Waals surface area contributed by atoms with Gasteiger partial charge in [0.1, 0.15) is 18.1 Å². The van der Waals surface area contributed by atoms with Crippen LogP contribution in [-0.4, -0.2) is 32.8 Å². The Bertz CT molecular complexity index is 685. The molecule has 0 aliphatic rings. The fourth-order valence-corrected chi connectivity index (χ4v) is 2.57. The summed E-state index contributed by atoms with van der Waals surface area (Å²) >= 11 is 0. The quantitative estimate of drug-likeness (QED) is 0.538. The molecule has 0 heterocycles. The second-order valence-electron chi connectivity index (χ2n) is 6.23. The van der Waals surface area contributed by atoms with Gasteiger partial charge in [0.05, 0.1) is 18.8 Å². The van der Waals surface area contributed by atoms with Gasteiger partial charge >= 0.3 is 0 Å². The Labute approximate surface area is 161 Å². The number of amides is 1. The molecule has 0 aromatic heterocycles. The third-order valence-corrected chi connectivity index (χ3v) is 4.06. The average Bonchev–Trinajstić information content (AvgIpc) is 2.69. The summed E-state index contributed by atoms with van der Waals surface area (Å²) in [7, 11) is 1.61. The molecular formula is C22H29NO4. The third kappa shape index (κ3) is 7.31. The molecule has 0 saturated carbocycles. The first kappa shape index (κ1) is 20.8. The maximum atomic E-state index is 12.6. The van der Waals surface area contributed by atoms with E-state index in [1.807, 2.05) is 36.4 Å². The topological polar surface area (TPSA) is 56.8 Å². The van der Waals surface area contributed by atoms with E-state index >= 15 is 0 Å². The molecule has 1 N–H and O–H groups in total. The first-order chi connectivity index (χ1) is 13.2. The molecule has 2 aromatic carbocycles. The normalized spacial score (nSPS) is 10.4. The van der Waals surface area contributed by atoms with Crippen molar-refractivity contribution in [2.24, 2.45) is 0 Å². The van der Waals surface area contributed by atoms with Crippen LogP contribution in [0.5, 0.6) is 11.5 Å². The van der Waals surface area contributed by atoms with E-state index in [1.165, 1.54) is 19.3 Å². The zero-order chi connectivity index (χ0) is 19.3. The zero-order valence-corrected chi connectivity index (χ0v) is 16.2. The summed E-state index contributed by atoms with van der Waals surface area (Å²) in [6, 6.07) is 14.6. The lowest BCUT2D eigenvalue weighted by Crippen LogP contribution is -2.14. The van der Waals surface area contributed by atoms with Gasteiger partial charge in [-0.25, -0.2) is 0 Å². The number of ether oxygens (including phenoxy) is 3. The van der Waals surface area contributed by atoms with Gasteiger partial charge in [0.2, 0.25) is 0 Å². The van der Waals surface area contributed by atoms with Crippen molar-refractivity contribution in [3.05, 3.63) is 54.1 Å². The smallest absolute Gasteiger partial charge is 0.259 e. The standard InChI is InChI=1S/C22H29NO4/c1-3-4-5-8-15-26-19-13-11-18(12-14-19)23-22(24)20-9-6-7-10-21(20)27-17-16-25-2/h6-7,9-14H,3-5,8,15-17H2,1-2H3,(H,23,24). The number of hydrogen-bond donors (Lipinski definition) is 1. The number of carbonyl (C=O) groups is 1. The van der Waals surface area contributed by atoms with Gasteiger partial charge in [0.15, 0.2) is 0 Å². The number of para-hydroxylation sites is 1. The van der Waals surface area contributed by atoms with E-state index in [0.717, 1.165) is 18.8 Å². The molecule has 27 heavy (non-hydrogen) atoms. The number of unbranched alkanes of at least 4 members (excludes halogenated alkanes) is 3. The van der Waals surface area contributed by atoms with Crippen LogP contribution in [0.4, 0.5) is 5.69 Å². The lowest BCUT2D eigenvalue weighted by molar-refractivity contribution is 0.101. The molecule has 1 amide bonds. The Kier molecular flexibility index (Phi) is 9.21. The summed E-state index contributed by atoms with van der Waals surface area (Å²) in [6.45, 7) is 3.77. The van der Waals surface area contributed by atoms with Crippen LogP contribution in [0.1, 0.15) is 43.0 Å². The van der Waals surface area contributed by atoms with Gasteiger partial charge in [-0.3, -0.25) is 4.79 Å². The van der Waals surface area contributed by atoms with Gasteiger partial charge in [-0.2, -0.15) is 0 Å². The SMILES string of the molecule is CCCCCCOc1ccc(NC(=O)c2ccccc2OCCOC)cc1. The molecule has 0 saturated heterocycles. The highest BCUT2D eigenvalue weighted by Gasteiger charge is 2.12. The van der Waals surface area contributed by atoms with Crippen molar-refractivity contribution in [1.29, 1.82) is 0 Å². The van der Waals surface area contributed by atoms with Gasteiger partial charge in [-0.1, -0.05) is 38.3 Å². The van der Waals surface area contributed by atoms with Crippen LogP contribution < -0.4 is 14.8 Å². The molecule has 0 aliphatic carbocycles. The maximum absolute atomic E-state index is 12.6. The molecule has 0 fully saturated rings. The fraction of sp³-hybridized carbons (Fsp3) is 0.409. The number of anilines is 1. The molecule has 2 rings (SSSR count). The first-order valence-corrected chi connectivity index (χ1v) is 9.49. The number of methoxy groups -OCH3 is 1. The van der Waals surface area contributed by atoms with Crippen molar-refractivity contribution in [1.82, 2.24) is 0 Å². The Morgan fingerprint density at radius 2 is 1.67 bits per heavy atom. The predicted octanol–water partition coefficient (Wildman–Crippen LogP) is 4.92. The number of benzene rings is 2. The van der Waals surface area contributed by atoms with Gasteiger partial charge in [-0.15, -0.1) is 0 Å². The lowest BCUT2D eigenvalue weighted by Gasteiger charge is -2.12. The molecule has 2 aromatic rings. The number of nitrogens with one attached hydrogen (secondary N) is 1. The zero-order valence-electron chi connectivity index (χ0n) is 16.2. The van der Waals surface area contributed by atoms with E-state index in [0.29, 0.717) is 30.2 Å². The van der Waals surface area contributed by atoms with Crippen molar-refractivity contribution < 1.29 is 19.0 Å². The van der Waals surface area contributed by atoms with E-state index < -0.39 is 0 Å². The largest absolute Gasteiger partial charge is 0.494 e. The minimum atomic E-state index is -0.212. The maximum Gasteiger partial charge on any atom is 0.259 e. The number of carbonyl (C=O) groups excluding carboxylic acids is 1. The van der Waals surface area contributed by atoms with Crippen LogP contribution in [0.3, 0.4) is 0 Å². The summed E-state index contributed by atoms with van der Waals surface area (Å²) in [4.78, 5) is 12.6. The molecule has 0 spiro atoms. The van der Waals surface area contributed by atoms with Gasteiger partial charge < -0.3 is 19.5 Å². The van der Waals surface area contributed by atoms with E-state index in [9.17, 15) is 4.79 Å². The van der Waals surface area contributed by atoms with Crippen LogP contribution >= 0.6 is 0 Å². The monoisotopic (exact) mass is 371 g/mol. The molecule has 5 nitrogen and oxygen atoms in total. The van der Waals surface area contributed by atoms with E-state index in [1.54, 1.807) is 19.2 Å². The van der Waals surface area contributed by atoms with E-state index in [2.05, 4.69) is 12.2 Å². The lowest BCUT2D eigenvalue weighted by atomic mass is 10.2. The van der Waals surface area contributed by atoms with Crippen LogP contribution in [0.15, 0.2) is 48.5 Å². The highest BCUT2D eigenvalue weighted by Crippen LogP contribution is 2.21. The number of rotatable bonds is 12. The molecular weight excluding hydrogens is 342 g/mol. The summed E-state index contributed by atoms with van der Waals surface area (Å²) in [5, 5.41) is 2.89. The van der Waals surface area contributed by atoms with Crippen LogP contribution in [0, 0.1) is 0 Å². The summed E-state index contributed by atoms with van der Waals surface area (Å²) in [6.07, 6.45) is 4.71. The van der Waals surface area contributed by atoms with Crippen molar-refractivity contribution in [2.45, 2.75) is 32.6 Å². The van der Waals surface area contributed by atoms with Crippen molar-refractivity contribution >= 4 is 11.6 Å². The highest BCUT2D eigenvalue weighted by atomic mass is 16.5. The molecule has 0 unspecified atom stereocenters. The van der Waals surface area contributed by atoms with Gasteiger partial charge in [-0.05, 0) is 42.8 Å². The molecule has 0 bridgehead atoms. The average molecular weight is 371 g/mol. The minimum absolute atomic E-state index is 0.212. The fourth-order valence-electron chi connectivity index (χ4n) is 2.57. The minimum Gasteiger partial charge on any atom is -0.494 e. The molecule has 0 aliphatic heterocycles.